The van der Waals surface area contributed by atoms with E-state index in [1.165, 1.54) is 0 Å². The van der Waals surface area contributed by atoms with Gasteiger partial charge in [-0.3, -0.25) is 4.79 Å². The quantitative estimate of drug-likeness (QED) is 0.853. The average molecular weight is 305 g/mol. The lowest BCUT2D eigenvalue weighted by Gasteiger charge is -2.10. The molecule has 3 nitrogen and oxygen atoms in total. The van der Waals surface area contributed by atoms with Crippen LogP contribution < -0.4 is 11.1 Å². The second-order valence-corrected chi connectivity index (χ2v) is 5.14. The van der Waals surface area contributed by atoms with Gasteiger partial charge in [0.05, 0.1) is 12.1 Å². The third-order valence-corrected chi connectivity index (χ3v) is 3.18. The van der Waals surface area contributed by atoms with Gasteiger partial charge in [0.1, 0.15) is 4.99 Å². The molecule has 0 fully saturated rings. The first-order chi connectivity index (χ1) is 9.56. The molecule has 0 spiro atoms. The van der Waals surface area contributed by atoms with Gasteiger partial charge in [-0.1, -0.05) is 54.2 Å². The lowest BCUT2D eigenvalue weighted by Crippen LogP contribution is -2.19. The van der Waals surface area contributed by atoms with Crippen molar-refractivity contribution in [1.82, 2.24) is 0 Å². The van der Waals surface area contributed by atoms with Crippen LogP contribution in [-0.4, -0.2) is 10.9 Å². The maximum atomic E-state index is 12.0. The normalized spacial score (nSPS) is 10.1. The summed E-state index contributed by atoms with van der Waals surface area (Å²) >= 11 is 10.9. The molecular weight excluding hydrogens is 292 g/mol. The van der Waals surface area contributed by atoms with Gasteiger partial charge in [-0.15, -0.1) is 0 Å². The number of anilines is 1. The van der Waals surface area contributed by atoms with Crippen LogP contribution in [0, 0.1) is 0 Å². The van der Waals surface area contributed by atoms with Crippen LogP contribution in [0.2, 0.25) is 5.02 Å². The Kier molecular flexibility index (Phi) is 4.71. The number of hydrogen-bond acceptors (Lipinski definition) is 2. The summed E-state index contributed by atoms with van der Waals surface area (Å²) in [5.74, 6) is -0.143. The van der Waals surface area contributed by atoms with Gasteiger partial charge in [-0.05, 0) is 23.8 Å². The predicted octanol–water partition coefficient (Wildman–Crippen LogP) is 3.16. The van der Waals surface area contributed by atoms with Crippen molar-refractivity contribution in [1.29, 1.82) is 0 Å². The summed E-state index contributed by atoms with van der Waals surface area (Å²) in [4.78, 5) is 12.2. The Morgan fingerprint density at radius 1 is 1.20 bits per heavy atom. The van der Waals surface area contributed by atoms with Gasteiger partial charge < -0.3 is 11.1 Å². The molecule has 0 aliphatic heterocycles. The largest absolute Gasteiger partial charge is 0.389 e. The van der Waals surface area contributed by atoms with Gasteiger partial charge in [0.2, 0.25) is 5.91 Å². The highest BCUT2D eigenvalue weighted by atomic mass is 35.5. The zero-order valence-corrected chi connectivity index (χ0v) is 12.2. The molecular formula is C15H13ClN2OS. The Hall–Kier alpha value is -1.91. The van der Waals surface area contributed by atoms with E-state index in [0.717, 1.165) is 5.56 Å². The molecule has 0 saturated carbocycles. The summed E-state index contributed by atoms with van der Waals surface area (Å²) in [6, 6.07) is 14.5. The summed E-state index contributed by atoms with van der Waals surface area (Å²) in [7, 11) is 0. The van der Waals surface area contributed by atoms with E-state index in [1.54, 1.807) is 18.2 Å². The average Bonchev–Trinajstić information content (AvgIpc) is 2.39. The molecule has 2 rings (SSSR count). The second-order valence-electron chi connectivity index (χ2n) is 4.26. The third kappa shape index (κ3) is 3.79. The van der Waals surface area contributed by atoms with Crippen molar-refractivity contribution in [2.45, 2.75) is 6.42 Å². The monoisotopic (exact) mass is 304 g/mol. The molecule has 20 heavy (non-hydrogen) atoms. The van der Waals surface area contributed by atoms with Crippen molar-refractivity contribution in [3.8, 4) is 0 Å². The van der Waals surface area contributed by atoms with Crippen LogP contribution in [-0.2, 0) is 11.2 Å². The number of carbonyl (C=O) groups excluding carboxylic acids is 1. The topological polar surface area (TPSA) is 55.1 Å². The number of benzene rings is 2. The summed E-state index contributed by atoms with van der Waals surface area (Å²) in [5.41, 5.74) is 7.70. The molecule has 0 aliphatic rings. The SMILES string of the molecule is NC(=S)c1ccc(Cl)cc1NC(=O)Cc1ccccc1. The molecule has 3 N–H and O–H groups in total. The Morgan fingerprint density at radius 2 is 1.90 bits per heavy atom. The van der Waals surface area contributed by atoms with E-state index >= 15 is 0 Å². The highest BCUT2D eigenvalue weighted by Gasteiger charge is 2.10. The molecule has 102 valence electrons. The van der Waals surface area contributed by atoms with E-state index in [1.807, 2.05) is 30.3 Å². The van der Waals surface area contributed by atoms with Crippen molar-refractivity contribution in [3.63, 3.8) is 0 Å². The molecule has 5 heteroatoms. The number of amides is 1. The van der Waals surface area contributed by atoms with E-state index in [0.29, 0.717) is 16.3 Å². The molecule has 0 aliphatic carbocycles. The van der Waals surface area contributed by atoms with Gasteiger partial charge in [0.25, 0.3) is 0 Å². The Bertz CT molecular complexity index is 644. The fraction of sp³-hybridized carbons (Fsp3) is 0.0667. The van der Waals surface area contributed by atoms with Crippen LogP contribution in [0.5, 0.6) is 0 Å². The van der Waals surface area contributed by atoms with Crippen molar-refractivity contribution < 1.29 is 4.79 Å². The summed E-state index contributed by atoms with van der Waals surface area (Å²) in [6.45, 7) is 0. The number of rotatable bonds is 4. The minimum absolute atomic E-state index is 0.143. The molecule has 0 radical (unpaired) electrons. The number of thiocarbonyl (C=S) groups is 1. The minimum atomic E-state index is -0.143. The lowest BCUT2D eigenvalue weighted by atomic mass is 10.1. The Morgan fingerprint density at radius 3 is 2.55 bits per heavy atom. The van der Waals surface area contributed by atoms with Crippen LogP contribution in [0.25, 0.3) is 0 Å². The van der Waals surface area contributed by atoms with Crippen LogP contribution in [0.15, 0.2) is 48.5 Å². The lowest BCUT2D eigenvalue weighted by molar-refractivity contribution is -0.115. The van der Waals surface area contributed by atoms with Crippen LogP contribution >= 0.6 is 23.8 Å². The maximum absolute atomic E-state index is 12.0. The first-order valence-corrected chi connectivity index (χ1v) is 6.78. The fourth-order valence-corrected chi connectivity index (χ4v) is 2.16. The number of nitrogens with two attached hydrogens (primary N) is 1. The van der Waals surface area contributed by atoms with Crippen molar-refractivity contribution in [2.75, 3.05) is 5.32 Å². The van der Waals surface area contributed by atoms with Gasteiger partial charge in [-0.2, -0.15) is 0 Å². The molecule has 0 saturated heterocycles. The zero-order chi connectivity index (χ0) is 14.5. The zero-order valence-electron chi connectivity index (χ0n) is 10.6. The highest BCUT2D eigenvalue weighted by Crippen LogP contribution is 2.21. The van der Waals surface area contributed by atoms with Gasteiger partial charge in [0.15, 0.2) is 0 Å². The summed E-state index contributed by atoms with van der Waals surface area (Å²) in [6.07, 6.45) is 0.282. The molecule has 0 atom stereocenters. The molecule has 0 unspecified atom stereocenters. The highest BCUT2D eigenvalue weighted by molar-refractivity contribution is 7.80. The molecule has 0 aromatic heterocycles. The van der Waals surface area contributed by atoms with Gasteiger partial charge in [-0.25, -0.2) is 0 Å². The second kappa shape index (κ2) is 6.50. The van der Waals surface area contributed by atoms with Gasteiger partial charge in [0, 0.05) is 10.6 Å². The van der Waals surface area contributed by atoms with Crippen LogP contribution in [0.1, 0.15) is 11.1 Å². The van der Waals surface area contributed by atoms with Crippen molar-refractivity contribution >= 4 is 40.4 Å². The van der Waals surface area contributed by atoms with E-state index in [4.69, 9.17) is 29.6 Å². The molecule has 2 aromatic carbocycles. The van der Waals surface area contributed by atoms with E-state index in [9.17, 15) is 4.79 Å². The first-order valence-electron chi connectivity index (χ1n) is 5.99. The number of nitrogens with one attached hydrogen (secondary N) is 1. The van der Waals surface area contributed by atoms with Crippen molar-refractivity contribution in [2.24, 2.45) is 5.73 Å². The van der Waals surface area contributed by atoms with E-state index in [2.05, 4.69) is 5.32 Å². The molecule has 1 amide bonds. The standard InChI is InChI=1S/C15H13ClN2OS/c16-11-6-7-12(15(17)20)13(9-11)18-14(19)8-10-4-2-1-3-5-10/h1-7,9H,8H2,(H2,17,20)(H,18,19). The fourth-order valence-electron chi connectivity index (χ4n) is 1.81. The molecule has 2 aromatic rings. The smallest absolute Gasteiger partial charge is 0.228 e. The molecule has 0 bridgehead atoms. The summed E-state index contributed by atoms with van der Waals surface area (Å²) < 4.78 is 0. The first kappa shape index (κ1) is 14.5. The van der Waals surface area contributed by atoms with Crippen LogP contribution in [0.3, 0.4) is 0 Å². The predicted molar refractivity (Wildman–Crippen MR) is 86.1 cm³/mol. The van der Waals surface area contributed by atoms with Gasteiger partial charge >= 0.3 is 0 Å². The number of halogens is 1. The third-order valence-electron chi connectivity index (χ3n) is 2.73. The molecule has 0 heterocycles. The van der Waals surface area contributed by atoms with E-state index < -0.39 is 0 Å². The number of hydrogen-bond donors (Lipinski definition) is 2. The summed E-state index contributed by atoms with van der Waals surface area (Å²) in [5, 5.41) is 3.30. The number of carbonyl (C=O) groups is 1. The minimum Gasteiger partial charge on any atom is -0.389 e. The maximum Gasteiger partial charge on any atom is 0.228 e. The Labute approximate surface area is 127 Å². The van der Waals surface area contributed by atoms with Crippen molar-refractivity contribution in [3.05, 3.63) is 64.7 Å². The van der Waals surface area contributed by atoms with E-state index in [-0.39, 0.29) is 17.3 Å². The van der Waals surface area contributed by atoms with Crippen LogP contribution in [0.4, 0.5) is 5.69 Å². The Balaban J connectivity index is 2.15.